The molecule has 1 N–H and O–H groups in total. The lowest BCUT2D eigenvalue weighted by atomic mass is 9.91. The molecule has 0 rings (SSSR count). The molecule has 100 valence electrons. The summed E-state index contributed by atoms with van der Waals surface area (Å²) in [4.78, 5) is 0. The third-order valence-corrected chi connectivity index (χ3v) is 3.45. The van der Waals surface area contributed by atoms with E-state index in [0.29, 0.717) is 5.92 Å². The molecule has 1 nitrogen and oxygen atoms in total. The van der Waals surface area contributed by atoms with Crippen LogP contribution in [0.5, 0.6) is 0 Å². The Morgan fingerprint density at radius 1 is 1.18 bits per heavy atom. The summed E-state index contributed by atoms with van der Waals surface area (Å²) < 4.78 is 0. The van der Waals surface area contributed by atoms with E-state index in [1.165, 1.54) is 31.3 Å². The summed E-state index contributed by atoms with van der Waals surface area (Å²) in [7, 11) is 0. The maximum Gasteiger partial charge on any atom is 0.0309 e. The maximum absolute atomic E-state index is 4.21. The second kappa shape index (κ2) is 8.38. The van der Waals surface area contributed by atoms with Gasteiger partial charge in [-0.2, -0.15) is 0 Å². The molecule has 1 heteroatoms. The standard InChI is InChI=1S/C16H31N/c1-7-10-15(11-8-2)14(4)12-13-17-16(5,6)9-3/h12-13,15,17H,4,7-11H2,1-3,5-6H3/b13-12-. The lowest BCUT2D eigenvalue weighted by Crippen LogP contribution is -2.34. The van der Waals surface area contributed by atoms with Gasteiger partial charge in [0.1, 0.15) is 0 Å². The third-order valence-electron chi connectivity index (χ3n) is 3.45. The molecule has 0 fully saturated rings. The molecule has 0 aromatic heterocycles. The SMILES string of the molecule is C=C(/C=C\NC(C)(C)CC)C(CCC)CCC. The summed E-state index contributed by atoms with van der Waals surface area (Å²) in [5.41, 5.74) is 1.45. The summed E-state index contributed by atoms with van der Waals surface area (Å²) in [5, 5.41) is 3.44. The normalized spacial score (nSPS) is 12.4. The second-order valence-electron chi connectivity index (χ2n) is 5.56. The van der Waals surface area contributed by atoms with Crippen molar-refractivity contribution in [2.75, 3.05) is 0 Å². The van der Waals surface area contributed by atoms with Crippen molar-refractivity contribution in [3.8, 4) is 0 Å². The third kappa shape index (κ3) is 7.25. The fraction of sp³-hybridized carbons (Fsp3) is 0.750. The van der Waals surface area contributed by atoms with Gasteiger partial charge in [0.05, 0.1) is 0 Å². The van der Waals surface area contributed by atoms with E-state index in [1.807, 2.05) is 0 Å². The Labute approximate surface area is 108 Å². The highest BCUT2D eigenvalue weighted by atomic mass is 14.9. The first-order chi connectivity index (χ1) is 7.96. The summed E-state index contributed by atoms with van der Waals surface area (Å²) in [6.07, 6.45) is 10.4. The zero-order chi connectivity index (χ0) is 13.3. The van der Waals surface area contributed by atoms with Gasteiger partial charge in [0.15, 0.2) is 0 Å². The van der Waals surface area contributed by atoms with E-state index < -0.39 is 0 Å². The summed E-state index contributed by atoms with van der Waals surface area (Å²) in [5.74, 6) is 0.660. The van der Waals surface area contributed by atoms with E-state index in [-0.39, 0.29) is 5.54 Å². The molecule has 0 unspecified atom stereocenters. The summed E-state index contributed by atoms with van der Waals surface area (Å²) >= 11 is 0. The van der Waals surface area contributed by atoms with Crippen molar-refractivity contribution < 1.29 is 0 Å². The van der Waals surface area contributed by atoms with Crippen molar-refractivity contribution in [1.29, 1.82) is 0 Å². The van der Waals surface area contributed by atoms with Crippen molar-refractivity contribution in [2.24, 2.45) is 5.92 Å². The summed E-state index contributed by atoms with van der Waals surface area (Å²) in [6.45, 7) is 15.3. The topological polar surface area (TPSA) is 12.0 Å². The highest BCUT2D eigenvalue weighted by Gasteiger charge is 2.12. The zero-order valence-corrected chi connectivity index (χ0v) is 12.5. The highest BCUT2D eigenvalue weighted by Crippen LogP contribution is 2.22. The lowest BCUT2D eigenvalue weighted by molar-refractivity contribution is 0.428. The van der Waals surface area contributed by atoms with E-state index in [4.69, 9.17) is 0 Å². The van der Waals surface area contributed by atoms with Crippen LogP contribution >= 0.6 is 0 Å². The van der Waals surface area contributed by atoms with Crippen LogP contribution in [-0.2, 0) is 0 Å². The lowest BCUT2D eigenvalue weighted by Gasteiger charge is -2.23. The number of hydrogen-bond acceptors (Lipinski definition) is 1. The van der Waals surface area contributed by atoms with E-state index in [0.717, 1.165) is 6.42 Å². The smallest absolute Gasteiger partial charge is 0.0309 e. The molecule has 0 heterocycles. The number of allylic oxidation sites excluding steroid dienone is 2. The van der Waals surface area contributed by atoms with Gasteiger partial charge in [-0.05, 0) is 51.3 Å². The molecule has 0 bridgehead atoms. The molecular weight excluding hydrogens is 206 g/mol. The number of rotatable bonds is 9. The molecular formula is C16H31N. The molecule has 0 aliphatic rings. The first kappa shape index (κ1) is 16.3. The van der Waals surface area contributed by atoms with Crippen molar-refractivity contribution in [3.63, 3.8) is 0 Å². The quantitative estimate of drug-likeness (QED) is 0.553. The Morgan fingerprint density at radius 2 is 1.71 bits per heavy atom. The first-order valence-electron chi connectivity index (χ1n) is 7.09. The van der Waals surface area contributed by atoms with Gasteiger partial charge in [-0.1, -0.05) is 45.8 Å². The predicted molar refractivity (Wildman–Crippen MR) is 79.1 cm³/mol. The Balaban J connectivity index is 4.24. The van der Waals surface area contributed by atoms with Gasteiger partial charge in [0, 0.05) is 5.54 Å². The minimum atomic E-state index is 0.182. The largest absolute Gasteiger partial charge is 0.386 e. The van der Waals surface area contributed by atoms with Gasteiger partial charge in [-0.15, -0.1) is 0 Å². The van der Waals surface area contributed by atoms with Gasteiger partial charge >= 0.3 is 0 Å². The molecule has 0 saturated carbocycles. The van der Waals surface area contributed by atoms with E-state index in [2.05, 4.69) is 58.8 Å². The van der Waals surface area contributed by atoms with Gasteiger partial charge in [0.2, 0.25) is 0 Å². The van der Waals surface area contributed by atoms with Crippen LogP contribution in [0.2, 0.25) is 0 Å². The van der Waals surface area contributed by atoms with Crippen LogP contribution in [0.3, 0.4) is 0 Å². The van der Waals surface area contributed by atoms with Crippen molar-refractivity contribution in [3.05, 3.63) is 24.4 Å². The number of hydrogen-bond donors (Lipinski definition) is 1. The first-order valence-corrected chi connectivity index (χ1v) is 7.09. The molecule has 0 radical (unpaired) electrons. The Kier molecular flexibility index (Phi) is 8.03. The highest BCUT2D eigenvalue weighted by molar-refractivity contribution is 5.17. The molecule has 0 aromatic carbocycles. The molecule has 0 aliphatic heterocycles. The minimum Gasteiger partial charge on any atom is -0.386 e. The van der Waals surface area contributed by atoms with Crippen LogP contribution in [0.1, 0.15) is 66.7 Å². The molecule has 0 saturated heterocycles. The molecule has 17 heavy (non-hydrogen) atoms. The predicted octanol–water partition coefficient (Wildman–Crippen LogP) is 5.05. The molecule has 0 atom stereocenters. The fourth-order valence-electron chi connectivity index (χ4n) is 1.82. The van der Waals surface area contributed by atoms with E-state index >= 15 is 0 Å². The second-order valence-corrected chi connectivity index (χ2v) is 5.56. The van der Waals surface area contributed by atoms with Gasteiger partial charge in [-0.3, -0.25) is 0 Å². The van der Waals surface area contributed by atoms with Crippen LogP contribution in [-0.4, -0.2) is 5.54 Å². The van der Waals surface area contributed by atoms with Gasteiger partial charge in [-0.25, -0.2) is 0 Å². The Bertz CT molecular complexity index is 232. The maximum atomic E-state index is 4.21. The molecule has 0 amide bonds. The van der Waals surface area contributed by atoms with Crippen LogP contribution < -0.4 is 5.32 Å². The van der Waals surface area contributed by atoms with Gasteiger partial charge in [0.25, 0.3) is 0 Å². The van der Waals surface area contributed by atoms with Crippen molar-refractivity contribution in [1.82, 2.24) is 5.32 Å². The Morgan fingerprint density at radius 3 is 2.12 bits per heavy atom. The van der Waals surface area contributed by atoms with Crippen LogP contribution in [0.15, 0.2) is 24.4 Å². The molecule has 0 aromatic rings. The Hall–Kier alpha value is -0.720. The fourth-order valence-corrected chi connectivity index (χ4v) is 1.82. The summed E-state index contributed by atoms with van der Waals surface area (Å²) in [6, 6.07) is 0. The van der Waals surface area contributed by atoms with Crippen LogP contribution in [0.4, 0.5) is 0 Å². The van der Waals surface area contributed by atoms with Crippen LogP contribution in [0, 0.1) is 5.92 Å². The zero-order valence-electron chi connectivity index (χ0n) is 12.5. The average Bonchev–Trinajstić information content (AvgIpc) is 2.28. The van der Waals surface area contributed by atoms with Crippen molar-refractivity contribution >= 4 is 0 Å². The van der Waals surface area contributed by atoms with E-state index in [1.54, 1.807) is 0 Å². The molecule has 0 spiro atoms. The average molecular weight is 237 g/mol. The monoisotopic (exact) mass is 237 g/mol. The van der Waals surface area contributed by atoms with Gasteiger partial charge < -0.3 is 5.32 Å². The van der Waals surface area contributed by atoms with Crippen LogP contribution in [0.25, 0.3) is 0 Å². The van der Waals surface area contributed by atoms with E-state index in [9.17, 15) is 0 Å². The minimum absolute atomic E-state index is 0.182. The number of nitrogens with one attached hydrogen (secondary N) is 1. The molecule has 0 aliphatic carbocycles. The van der Waals surface area contributed by atoms with Crippen molar-refractivity contribution in [2.45, 2.75) is 72.3 Å².